The van der Waals surface area contributed by atoms with Crippen LogP contribution in [0.15, 0.2) is 41.1 Å². The quantitative estimate of drug-likeness (QED) is 0.535. The summed E-state index contributed by atoms with van der Waals surface area (Å²) in [6, 6.07) is 5.86. The van der Waals surface area contributed by atoms with E-state index in [2.05, 4.69) is 20.6 Å². The van der Waals surface area contributed by atoms with Gasteiger partial charge in [0.25, 0.3) is 0 Å². The van der Waals surface area contributed by atoms with Gasteiger partial charge in [-0.2, -0.15) is 10.2 Å². The molecular formula is C16H16ClN5OS. The highest BCUT2D eigenvalue weighted by Crippen LogP contribution is 2.21. The summed E-state index contributed by atoms with van der Waals surface area (Å²) in [5, 5.41) is 11.8. The topological polar surface area (TPSA) is 64.3 Å². The summed E-state index contributed by atoms with van der Waals surface area (Å²) >= 11 is 7.43. The van der Waals surface area contributed by atoms with Gasteiger partial charge in [0.2, 0.25) is 5.13 Å². The largest absolute Gasteiger partial charge is 0.496 e. The molecule has 0 atom stereocenters. The lowest BCUT2D eigenvalue weighted by molar-refractivity contribution is 0.407. The predicted molar refractivity (Wildman–Crippen MR) is 97.4 cm³/mol. The summed E-state index contributed by atoms with van der Waals surface area (Å²) in [6.45, 7) is 2.51. The Hall–Kier alpha value is -2.38. The van der Waals surface area contributed by atoms with E-state index in [1.54, 1.807) is 30.4 Å². The first kappa shape index (κ1) is 16.5. The summed E-state index contributed by atoms with van der Waals surface area (Å²) in [4.78, 5) is 4.29. The van der Waals surface area contributed by atoms with Crippen LogP contribution in [0.4, 0.5) is 5.13 Å². The fourth-order valence-electron chi connectivity index (χ4n) is 2.17. The van der Waals surface area contributed by atoms with Crippen LogP contribution >= 0.6 is 22.9 Å². The number of anilines is 1. The van der Waals surface area contributed by atoms with E-state index in [1.807, 2.05) is 30.5 Å². The molecule has 0 spiro atoms. The second-order valence-electron chi connectivity index (χ2n) is 5.09. The molecular weight excluding hydrogens is 346 g/mol. The molecule has 2 aromatic heterocycles. The van der Waals surface area contributed by atoms with Crippen LogP contribution in [0.3, 0.4) is 0 Å². The van der Waals surface area contributed by atoms with Gasteiger partial charge in [-0.3, -0.25) is 10.1 Å². The van der Waals surface area contributed by atoms with Gasteiger partial charge in [-0.25, -0.2) is 4.98 Å². The van der Waals surface area contributed by atoms with Crippen molar-refractivity contribution in [1.82, 2.24) is 14.8 Å². The van der Waals surface area contributed by atoms with Crippen molar-refractivity contribution in [1.29, 1.82) is 0 Å². The van der Waals surface area contributed by atoms with Gasteiger partial charge in [0.05, 0.1) is 36.8 Å². The van der Waals surface area contributed by atoms with Crippen LogP contribution in [-0.4, -0.2) is 28.1 Å². The van der Waals surface area contributed by atoms with Gasteiger partial charge in [0.1, 0.15) is 5.75 Å². The average molecular weight is 362 g/mol. The molecule has 0 bridgehead atoms. The third-order valence-corrected chi connectivity index (χ3v) is 4.29. The highest BCUT2D eigenvalue weighted by atomic mass is 35.5. The molecule has 0 fully saturated rings. The highest BCUT2D eigenvalue weighted by molar-refractivity contribution is 7.13. The van der Waals surface area contributed by atoms with Crippen molar-refractivity contribution in [2.75, 3.05) is 12.5 Å². The third kappa shape index (κ3) is 4.12. The predicted octanol–water partition coefficient (Wildman–Crippen LogP) is 3.80. The van der Waals surface area contributed by atoms with E-state index in [9.17, 15) is 0 Å². The summed E-state index contributed by atoms with van der Waals surface area (Å²) in [5.74, 6) is 0.794. The molecule has 0 aliphatic rings. The number of rotatable bonds is 6. The second-order valence-corrected chi connectivity index (χ2v) is 6.39. The van der Waals surface area contributed by atoms with Crippen molar-refractivity contribution in [3.63, 3.8) is 0 Å². The van der Waals surface area contributed by atoms with E-state index in [0.29, 0.717) is 11.6 Å². The van der Waals surface area contributed by atoms with E-state index in [4.69, 9.17) is 16.3 Å². The Morgan fingerprint density at radius 3 is 3.00 bits per heavy atom. The number of aryl methyl sites for hydroxylation is 1. The lowest BCUT2D eigenvalue weighted by atomic mass is 10.1. The molecule has 6 nitrogen and oxygen atoms in total. The fraction of sp³-hybridized carbons (Fsp3) is 0.188. The Balaban J connectivity index is 1.75. The van der Waals surface area contributed by atoms with Crippen LogP contribution in [0.5, 0.6) is 5.75 Å². The Morgan fingerprint density at radius 1 is 1.46 bits per heavy atom. The molecule has 0 saturated carbocycles. The van der Waals surface area contributed by atoms with Crippen LogP contribution in [0.25, 0.3) is 0 Å². The van der Waals surface area contributed by atoms with Gasteiger partial charge in [0.15, 0.2) is 0 Å². The van der Waals surface area contributed by atoms with E-state index in [0.717, 1.165) is 27.7 Å². The van der Waals surface area contributed by atoms with Gasteiger partial charge in [-0.1, -0.05) is 11.6 Å². The number of hydrazone groups is 1. The zero-order chi connectivity index (χ0) is 16.9. The van der Waals surface area contributed by atoms with Gasteiger partial charge >= 0.3 is 0 Å². The summed E-state index contributed by atoms with van der Waals surface area (Å²) in [5.41, 5.74) is 5.84. The number of hydrogen-bond donors (Lipinski definition) is 1. The Bertz CT molecular complexity index is 858. The smallest absolute Gasteiger partial charge is 0.203 e. The van der Waals surface area contributed by atoms with E-state index in [-0.39, 0.29) is 0 Å². The van der Waals surface area contributed by atoms with Crippen molar-refractivity contribution < 1.29 is 4.74 Å². The SMILES string of the molecule is COc1ccc(C=NNc2nc(C)cs2)cc1Cn1cc(Cl)cn1. The molecule has 8 heteroatoms. The maximum absolute atomic E-state index is 5.91. The van der Waals surface area contributed by atoms with Crippen LogP contribution in [-0.2, 0) is 6.54 Å². The zero-order valence-corrected chi connectivity index (χ0v) is 14.8. The van der Waals surface area contributed by atoms with E-state index < -0.39 is 0 Å². The van der Waals surface area contributed by atoms with Crippen molar-refractivity contribution in [2.45, 2.75) is 13.5 Å². The molecule has 0 amide bonds. The fourth-order valence-corrected chi connectivity index (χ4v) is 2.96. The maximum Gasteiger partial charge on any atom is 0.203 e. The van der Waals surface area contributed by atoms with Gasteiger partial charge in [-0.15, -0.1) is 11.3 Å². The Morgan fingerprint density at radius 2 is 2.33 bits per heavy atom. The van der Waals surface area contributed by atoms with Gasteiger partial charge in [0, 0.05) is 17.1 Å². The molecule has 0 aliphatic heterocycles. The van der Waals surface area contributed by atoms with Gasteiger partial charge in [-0.05, 0) is 30.7 Å². The molecule has 3 aromatic rings. The molecule has 0 aliphatic carbocycles. The summed E-state index contributed by atoms with van der Waals surface area (Å²) in [6.07, 6.45) is 5.13. The number of hydrogen-bond acceptors (Lipinski definition) is 6. The number of benzene rings is 1. The standard InChI is InChI=1S/C16H16ClN5OS/c1-11-10-24-16(20-11)21-18-6-12-3-4-15(23-2)13(5-12)8-22-9-14(17)7-19-22/h3-7,9-10H,8H2,1-2H3,(H,20,21). The number of ether oxygens (including phenoxy) is 1. The molecule has 2 heterocycles. The molecule has 124 valence electrons. The molecule has 1 aromatic carbocycles. The number of aromatic nitrogens is 3. The lowest BCUT2D eigenvalue weighted by Gasteiger charge is -2.09. The zero-order valence-electron chi connectivity index (χ0n) is 13.2. The molecule has 3 rings (SSSR count). The van der Waals surface area contributed by atoms with Crippen molar-refractivity contribution in [3.05, 3.63) is 57.8 Å². The minimum absolute atomic E-state index is 0.566. The Kier molecular flexibility index (Phi) is 5.12. The van der Waals surface area contributed by atoms with Gasteiger partial charge < -0.3 is 4.74 Å². The van der Waals surface area contributed by atoms with Crippen molar-refractivity contribution in [2.24, 2.45) is 5.10 Å². The van der Waals surface area contributed by atoms with Crippen LogP contribution in [0, 0.1) is 6.92 Å². The maximum atomic E-state index is 5.91. The van der Waals surface area contributed by atoms with Crippen molar-refractivity contribution in [3.8, 4) is 5.75 Å². The number of halogens is 1. The van der Waals surface area contributed by atoms with Crippen LogP contribution in [0.1, 0.15) is 16.8 Å². The number of nitrogens with zero attached hydrogens (tertiary/aromatic N) is 4. The molecule has 0 unspecified atom stereocenters. The first-order valence-corrected chi connectivity index (χ1v) is 8.46. The third-order valence-electron chi connectivity index (χ3n) is 3.23. The first-order chi connectivity index (χ1) is 11.6. The van der Waals surface area contributed by atoms with E-state index in [1.165, 1.54) is 11.3 Å². The molecule has 0 saturated heterocycles. The summed E-state index contributed by atoms with van der Waals surface area (Å²) < 4.78 is 7.17. The monoisotopic (exact) mass is 361 g/mol. The molecule has 0 radical (unpaired) electrons. The minimum atomic E-state index is 0.566. The number of nitrogens with one attached hydrogen (secondary N) is 1. The highest BCUT2D eigenvalue weighted by Gasteiger charge is 2.06. The van der Waals surface area contributed by atoms with Crippen LogP contribution in [0.2, 0.25) is 5.02 Å². The first-order valence-electron chi connectivity index (χ1n) is 7.20. The Labute approximate surface area is 148 Å². The van der Waals surface area contributed by atoms with E-state index >= 15 is 0 Å². The normalized spacial score (nSPS) is 11.1. The number of methoxy groups -OCH3 is 1. The average Bonchev–Trinajstić information content (AvgIpc) is 3.16. The summed E-state index contributed by atoms with van der Waals surface area (Å²) in [7, 11) is 1.65. The second kappa shape index (κ2) is 7.46. The van der Waals surface area contributed by atoms with Crippen LogP contribution < -0.4 is 10.2 Å². The number of thiazole rings is 1. The van der Waals surface area contributed by atoms with Crippen molar-refractivity contribution >= 4 is 34.3 Å². The molecule has 1 N–H and O–H groups in total. The lowest BCUT2D eigenvalue weighted by Crippen LogP contribution is -2.03. The minimum Gasteiger partial charge on any atom is -0.496 e. The molecule has 24 heavy (non-hydrogen) atoms.